The maximum atomic E-state index is 12.2. The lowest BCUT2D eigenvalue weighted by Gasteiger charge is -2.12. The van der Waals surface area contributed by atoms with Gasteiger partial charge in [-0.2, -0.15) is 0 Å². The van der Waals surface area contributed by atoms with Crippen LogP contribution >= 0.6 is 11.6 Å². The lowest BCUT2D eigenvalue weighted by molar-refractivity contribution is 0.102. The van der Waals surface area contributed by atoms with Crippen LogP contribution in [0.5, 0.6) is 11.5 Å². The van der Waals surface area contributed by atoms with Crippen LogP contribution in [-0.4, -0.2) is 15.9 Å². The zero-order chi connectivity index (χ0) is 16.1. The molecule has 0 aliphatic carbocycles. The number of nitrogens with one attached hydrogen (secondary N) is 1. The van der Waals surface area contributed by atoms with Crippen LogP contribution in [0.2, 0.25) is 5.02 Å². The van der Waals surface area contributed by atoms with Crippen LogP contribution in [0.3, 0.4) is 0 Å². The smallest absolute Gasteiger partial charge is 0.275 e. The van der Waals surface area contributed by atoms with Gasteiger partial charge in [-0.25, -0.2) is 4.98 Å². The molecule has 0 aliphatic rings. The molecule has 2 aromatic carbocycles. The van der Waals surface area contributed by atoms with Crippen molar-refractivity contribution < 1.29 is 9.53 Å². The number of carbonyl (C=O) groups is 1. The van der Waals surface area contributed by atoms with Crippen molar-refractivity contribution in [3.05, 3.63) is 77.8 Å². The van der Waals surface area contributed by atoms with E-state index in [1.165, 1.54) is 18.6 Å². The Kier molecular flexibility index (Phi) is 4.49. The molecule has 0 radical (unpaired) electrons. The van der Waals surface area contributed by atoms with Crippen molar-refractivity contribution in [1.82, 2.24) is 9.97 Å². The Morgan fingerprint density at radius 2 is 1.74 bits per heavy atom. The fraction of sp³-hybridized carbons (Fsp3) is 0. The summed E-state index contributed by atoms with van der Waals surface area (Å²) in [6.07, 6.45) is 4.36. The van der Waals surface area contributed by atoms with Crippen molar-refractivity contribution in [2.75, 3.05) is 5.32 Å². The molecule has 1 N–H and O–H groups in total. The minimum Gasteiger partial charge on any atom is -0.454 e. The Hall–Kier alpha value is -2.92. The summed E-state index contributed by atoms with van der Waals surface area (Å²) in [5, 5.41) is 3.25. The molecule has 0 bridgehead atoms. The van der Waals surface area contributed by atoms with Crippen molar-refractivity contribution in [3.63, 3.8) is 0 Å². The Balaban J connectivity index is 1.84. The highest BCUT2D eigenvalue weighted by atomic mass is 35.5. The van der Waals surface area contributed by atoms with E-state index < -0.39 is 0 Å². The number of hydrogen-bond donors (Lipinski definition) is 1. The average molecular weight is 326 g/mol. The summed E-state index contributed by atoms with van der Waals surface area (Å²) in [7, 11) is 0. The van der Waals surface area contributed by atoms with Crippen LogP contribution in [0.1, 0.15) is 10.5 Å². The fourth-order valence-corrected chi connectivity index (χ4v) is 2.08. The molecular formula is C17H12ClN3O2. The fourth-order valence-electron chi connectivity index (χ4n) is 1.91. The topological polar surface area (TPSA) is 64.1 Å². The molecule has 0 saturated carbocycles. The van der Waals surface area contributed by atoms with E-state index in [1.807, 2.05) is 18.2 Å². The maximum absolute atomic E-state index is 12.2. The first kappa shape index (κ1) is 15.0. The van der Waals surface area contributed by atoms with Crippen LogP contribution in [0.15, 0.2) is 67.1 Å². The third-order valence-corrected chi connectivity index (χ3v) is 3.30. The number of nitrogens with zero attached hydrogens (tertiary/aromatic N) is 2. The van der Waals surface area contributed by atoms with Crippen molar-refractivity contribution in [3.8, 4) is 11.5 Å². The van der Waals surface area contributed by atoms with Gasteiger partial charge in [0.2, 0.25) is 0 Å². The Morgan fingerprint density at radius 1 is 1.00 bits per heavy atom. The minimum absolute atomic E-state index is 0.222. The predicted molar refractivity (Wildman–Crippen MR) is 88.0 cm³/mol. The molecule has 6 heteroatoms. The molecular weight excluding hydrogens is 314 g/mol. The van der Waals surface area contributed by atoms with E-state index in [1.54, 1.807) is 30.3 Å². The highest BCUT2D eigenvalue weighted by Crippen LogP contribution is 2.33. The third kappa shape index (κ3) is 3.64. The second-order valence-corrected chi connectivity index (χ2v) is 4.98. The SMILES string of the molecule is O=C(Nc1ccccc1Oc1ccccc1Cl)c1cnccn1. The quantitative estimate of drug-likeness (QED) is 0.781. The number of hydrogen-bond acceptors (Lipinski definition) is 4. The van der Waals surface area contributed by atoms with Crippen LogP contribution in [0, 0.1) is 0 Å². The van der Waals surface area contributed by atoms with Crippen molar-refractivity contribution in [2.45, 2.75) is 0 Å². The van der Waals surface area contributed by atoms with E-state index in [4.69, 9.17) is 16.3 Å². The zero-order valence-corrected chi connectivity index (χ0v) is 12.7. The van der Waals surface area contributed by atoms with E-state index in [-0.39, 0.29) is 11.6 Å². The largest absolute Gasteiger partial charge is 0.454 e. The van der Waals surface area contributed by atoms with E-state index in [9.17, 15) is 4.79 Å². The number of rotatable bonds is 4. The molecule has 0 saturated heterocycles. The summed E-state index contributed by atoms with van der Waals surface area (Å²) in [5.41, 5.74) is 0.739. The number of benzene rings is 2. The van der Waals surface area contributed by atoms with Gasteiger partial charge in [0.1, 0.15) is 11.4 Å². The molecule has 3 rings (SSSR count). The first-order valence-corrected chi connectivity index (χ1v) is 7.20. The van der Waals surface area contributed by atoms with Gasteiger partial charge in [0.15, 0.2) is 5.75 Å². The number of anilines is 1. The normalized spacial score (nSPS) is 10.1. The Bertz CT molecular complexity index is 825. The highest BCUT2D eigenvalue weighted by Gasteiger charge is 2.12. The van der Waals surface area contributed by atoms with Crippen molar-refractivity contribution in [2.24, 2.45) is 0 Å². The summed E-state index contributed by atoms with van der Waals surface area (Å²) >= 11 is 6.10. The van der Waals surface area contributed by atoms with Gasteiger partial charge in [-0.15, -0.1) is 0 Å². The molecule has 23 heavy (non-hydrogen) atoms. The van der Waals surface area contributed by atoms with Gasteiger partial charge in [0.05, 0.1) is 16.9 Å². The third-order valence-electron chi connectivity index (χ3n) is 2.99. The Labute approximate surface area is 137 Å². The predicted octanol–water partition coefficient (Wildman–Crippen LogP) is 4.17. The maximum Gasteiger partial charge on any atom is 0.275 e. The molecule has 0 aliphatic heterocycles. The molecule has 1 heterocycles. The molecule has 3 aromatic rings. The summed E-state index contributed by atoms with van der Waals surface area (Å²) in [5.74, 6) is 0.626. The highest BCUT2D eigenvalue weighted by molar-refractivity contribution is 6.32. The summed E-state index contributed by atoms with van der Waals surface area (Å²) < 4.78 is 5.79. The number of carbonyl (C=O) groups excluding carboxylic acids is 1. The molecule has 5 nitrogen and oxygen atoms in total. The number of halogens is 1. The second kappa shape index (κ2) is 6.89. The molecule has 0 spiro atoms. The van der Waals surface area contributed by atoms with Crippen molar-refractivity contribution in [1.29, 1.82) is 0 Å². The zero-order valence-electron chi connectivity index (χ0n) is 11.9. The first-order chi connectivity index (χ1) is 11.2. The van der Waals surface area contributed by atoms with Gasteiger partial charge >= 0.3 is 0 Å². The second-order valence-electron chi connectivity index (χ2n) is 4.57. The van der Waals surface area contributed by atoms with Gasteiger partial charge in [-0.3, -0.25) is 9.78 Å². The van der Waals surface area contributed by atoms with E-state index in [0.29, 0.717) is 22.2 Å². The number of para-hydroxylation sites is 3. The summed E-state index contributed by atoms with van der Waals surface area (Å²) in [6.45, 7) is 0. The first-order valence-electron chi connectivity index (χ1n) is 6.83. The van der Waals surface area contributed by atoms with Crippen LogP contribution < -0.4 is 10.1 Å². The molecule has 0 unspecified atom stereocenters. The number of amides is 1. The summed E-state index contributed by atoms with van der Waals surface area (Å²) in [4.78, 5) is 20.0. The lowest BCUT2D eigenvalue weighted by atomic mass is 10.2. The monoisotopic (exact) mass is 325 g/mol. The van der Waals surface area contributed by atoms with Gasteiger partial charge in [0.25, 0.3) is 5.91 Å². The number of aromatic nitrogens is 2. The van der Waals surface area contributed by atoms with E-state index in [0.717, 1.165) is 0 Å². The Morgan fingerprint density at radius 3 is 2.48 bits per heavy atom. The van der Waals surface area contributed by atoms with Gasteiger partial charge < -0.3 is 10.1 Å². The van der Waals surface area contributed by atoms with E-state index >= 15 is 0 Å². The van der Waals surface area contributed by atoms with Crippen molar-refractivity contribution >= 4 is 23.2 Å². The minimum atomic E-state index is -0.367. The van der Waals surface area contributed by atoms with Gasteiger partial charge in [-0.1, -0.05) is 35.9 Å². The summed E-state index contributed by atoms with van der Waals surface area (Å²) in [6, 6.07) is 14.2. The number of ether oxygens (including phenoxy) is 1. The van der Waals surface area contributed by atoms with Crippen LogP contribution in [0.25, 0.3) is 0 Å². The van der Waals surface area contributed by atoms with Crippen LogP contribution in [0.4, 0.5) is 5.69 Å². The molecule has 1 aromatic heterocycles. The molecule has 0 atom stereocenters. The molecule has 0 fully saturated rings. The van der Waals surface area contributed by atoms with Gasteiger partial charge in [-0.05, 0) is 24.3 Å². The lowest BCUT2D eigenvalue weighted by Crippen LogP contribution is -2.14. The van der Waals surface area contributed by atoms with Crippen LogP contribution in [-0.2, 0) is 0 Å². The van der Waals surface area contributed by atoms with Gasteiger partial charge in [0, 0.05) is 12.4 Å². The average Bonchev–Trinajstić information content (AvgIpc) is 2.59. The standard InChI is InChI=1S/C17H12ClN3O2/c18-12-5-1-3-7-15(12)23-16-8-4-2-6-13(16)21-17(22)14-11-19-9-10-20-14/h1-11H,(H,21,22). The van der Waals surface area contributed by atoms with E-state index in [2.05, 4.69) is 15.3 Å². The molecule has 1 amide bonds. The molecule has 114 valence electrons.